The van der Waals surface area contributed by atoms with Crippen molar-refractivity contribution in [3.8, 4) is 0 Å². The van der Waals surface area contributed by atoms with Crippen LogP contribution in [0.25, 0.3) is 0 Å². The topological polar surface area (TPSA) is 21.3 Å². The highest BCUT2D eigenvalue weighted by atomic mass is 35.5. The molecule has 3 heteroatoms. The highest BCUT2D eigenvalue weighted by molar-refractivity contribution is 6.33. The molecule has 82 valence electrons. The first-order valence-corrected chi connectivity index (χ1v) is 5.69. The van der Waals surface area contributed by atoms with Crippen molar-refractivity contribution < 1.29 is 4.74 Å². The predicted octanol–water partition coefficient (Wildman–Crippen LogP) is 3.24. The molecular weight excluding hydrogens is 210 g/mol. The zero-order valence-corrected chi connectivity index (χ0v) is 9.84. The summed E-state index contributed by atoms with van der Waals surface area (Å²) < 4.78 is 5.50. The van der Waals surface area contributed by atoms with E-state index in [9.17, 15) is 0 Å². The highest BCUT2D eigenvalue weighted by Gasteiger charge is 2.24. The number of nitrogens with one attached hydrogen (secondary N) is 1. The van der Waals surface area contributed by atoms with E-state index < -0.39 is 0 Å². The standard InChI is InChI=1S/C12H16ClNO/c1-8-3-4-12(10(13)7-8)14-11-5-6-15-9(11)2/h3-4,7,9,11,14H,5-6H2,1-2H3/t9-,11-/m1/s1. The summed E-state index contributed by atoms with van der Waals surface area (Å²) in [4.78, 5) is 0. The number of aryl methyl sites for hydroxylation is 1. The molecule has 2 nitrogen and oxygen atoms in total. The van der Waals surface area contributed by atoms with E-state index in [1.54, 1.807) is 0 Å². The lowest BCUT2D eigenvalue weighted by Gasteiger charge is -2.18. The van der Waals surface area contributed by atoms with Gasteiger partial charge in [-0.25, -0.2) is 0 Å². The molecule has 1 aliphatic heterocycles. The van der Waals surface area contributed by atoms with Crippen molar-refractivity contribution in [1.29, 1.82) is 0 Å². The Labute approximate surface area is 95.6 Å². The Balaban J connectivity index is 2.10. The summed E-state index contributed by atoms with van der Waals surface area (Å²) >= 11 is 6.15. The largest absolute Gasteiger partial charge is 0.378 e. The summed E-state index contributed by atoms with van der Waals surface area (Å²) in [6, 6.07) is 6.45. The van der Waals surface area contributed by atoms with Crippen LogP contribution in [0.4, 0.5) is 5.69 Å². The third-order valence-electron chi connectivity index (χ3n) is 2.84. The Morgan fingerprint density at radius 1 is 1.47 bits per heavy atom. The minimum Gasteiger partial charge on any atom is -0.378 e. The van der Waals surface area contributed by atoms with Gasteiger partial charge in [-0.05, 0) is 38.0 Å². The Hall–Kier alpha value is -0.730. The molecule has 0 saturated carbocycles. The van der Waals surface area contributed by atoms with Crippen molar-refractivity contribution in [2.45, 2.75) is 32.4 Å². The van der Waals surface area contributed by atoms with Crippen LogP contribution in [0.2, 0.25) is 5.02 Å². The number of hydrogen-bond donors (Lipinski definition) is 1. The summed E-state index contributed by atoms with van der Waals surface area (Å²) in [5.41, 5.74) is 2.19. The van der Waals surface area contributed by atoms with Crippen LogP contribution in [0.1, 0.15) is 18.9 Å². The Morgan fingerprint density at radius 3 is 2.87 bits per heavy atom. The van der Waals surface area contributed by atoms with E-state index in [1.807, 2.05) is 19.1 Å². The summed E-state index contributed by atoms with van der Waals surface area (Å²) in [7, 11) is 0. The molecule has 0 aliphatic carbocycles. The van der Waals surface area contributed by atoms with Gasteiger partial charge in [0.2, 0.25) is 0 Å². The van der Waals surface area contributed by atoms with E-state index in [2.05, 4.69) is 18.3 Å². The van der Waals surface area contributed by atoms with Crippen molar-refractivity contribution in [3.05, 3.63) is 28.8 Å². The third kappa shape index (κ3) is 2.44. The number of anilines is 1. The second kappa shape index (κ2) is 4.42. The highest BCUT2D eigenvalue weighted by Crippen LogP contribution is 2.26. The molecule has 1 N–H and O–H groups in total. The SMILES string of the molecule is Cc1ccc(N[C@@H]2CCO[C@@H]2C)c(Cl)c1. The first-order chi connectivity index (χ1) is 7.16. The van der Waals surface area contributed by atoms with Gasteiger partial charge in [0, 0.05) is 6.61 Å². The predicted molar refractivity (Wildman–Crippen MR) is 63.6 cm³/mol. The summed E-state index contributed by atoms with van der Waals surface area (Å²) in [6.45, 7) is 4.96. The van der Waals surface area contributed by atoms with Crippen molar-refractivity contribution in [1.82, 2.24) is 0 Å². The zero-order chi connectivity index (χ0) is 10.8. The molecule has 1 fully saturated rings. The van der Waals surface area contributed by atoms with Gasteiger partial charge in [0.1, 0.15) is 0 Å². The molecule has 0 radical (unpaired) electrons. The zero-order valence-electron chi connectivity index (χ0n) is 9.09. The quantitative estimate of drug-likeness (QED) is 0.835. The van der Waals surface area contributed by atoms with E-state index in [0.29, 0.717) is 6.04 Å². The summed E-state index contributed by atoms with van der Waals surface area (Å²) in [5.74, 6) is 0. The molecule has 1 aromatic carbocycles. The molecule has 15 heavy (non-hydrogen) atoms. The molecule has 0 bridgehead atoms. The fourth-order valence-electron chi connectivity index (χ4n) is 1.86. The minimum atomic E-state index is 0.266. The molecule has 0 unspecified atom stereocenters. The fourth-order valence-corrected chi connectivity index (χ4v) is 2.15. The Kier molecular flexibility index (Phi) is 3.17. The lowest BCUT2D eigenvalue weighted by atomic mass is 10.1. The maximum atomic E-state index is 6.15. The van der Waals surface area contributed by atoms with Crippen molar-refractivity contribution in [2.24, 2.45) is 0 Å². The number of ether oxygens (including phenoxy) is 1. The van der Waals surface area contributed by atoms with Crippen LogP contribution < -0.4 is 5.32 Å². The van der Waals surface area contributed by atoms with Gasteiger partial charge in [0.25, 0.3) is 0 Å². The Morgan fingerprint density at radius 2 is 2.27 bits per heavy atom. The molecule has 1 aliphatic rings. The van der Waals surface area contributed by atoms with Gasteiger partial charge in [0.05, 0.1) is 22.9 Å². The van der Waals surface area contributed by atoms with Gasteiger partial charge >= 0.3 is 0 Å². The lowest BCUT2D eigenvalue weighted by molar-refractivity contribution is 0.121. The molecular formula is C12H16ClNO. The van der Waals surface area contributed by atoms with E-state index in [-0.39, 0.29) is 6.10 Å². The number of benzene rings is 1. The van der Waals surface area contributed by atoms with Gasteiger partial charge in [-0.15, -0.1) is 0 Å². The van der Waals surface area contributed by atoms with Gasteiger partial charge in [-0.2, -0.15) is 0 Å². The van der Waals surface area contributed by atoms with Gasteiger partial charge in [0.15, 0.2) is 0 Å². The lowest BCUT2D eigenvalue weighted by Crippen LogP contribution is -2.26. The van der Waals surface area contributed by atoms with Crippen molar-refractivity contribution >= 4 is 17.3 Å². The van der Waals surface area contributed by atoms with Crippen LogP contribution in [0.5, 0.6) is 0 Å². The normalized spacial score (nSPS) is 25.5. The maximum absolute atomic E-state index is 6.15. The van der Waals surface area contributed by atoms with Crippen LogP contribution in [-0.4, -0.2) is 18.8 Å². The summed E-state index contributed by atoms with van der Waals surface area (Å²) in [6.07, 6.45) is 1.31. The minimum absolute atomic E-state index is 0.266. The fraction of sp³-hybridized carbons (Fsp3) is 0.500. The monoisotopic (exact) mass is 225 g/mol. The van der Waals surface area contributed by atoms with Crippen LogP contribution in [0.15, 0.2) is 18.2 Å². The van der Waals surface area contributed by atoms with Gasteiger partial charge in [-0.1, -0.05) is 17.7 Å². The molecule has 0 aromatic heterocycles. The van der Waals surface area contributed by atoms with Gasteiger partial charge < -0.3 is 10.1 Å². The smallest absolute Gasteiger partial charge is 0.0748 e. The number of halogens is 1. The molecule has 0 amide bonds. The Bertz CT molecular complexity index is 353. The van der Waals surface area contributed by atoms with E-state index in [0.717, 1.165) is 23.7 Å². The molecule has 2 rings (SSSR count). The van der Waals surface area contributed by atoms with Crippen molar-refractivity contribution in [2.75, 3.05) is 11.9 Å². The van der Waals surface area contributed by atoms with Crippen molar-refractivity contribution in [3.63, 3.8) is 0 Å². The number of hydrogen-bond acceptors (Lipinski definition) is 2. The summed E-state index contributed by atoms with van der Waals surface area (Å²) in [5, 5.41) is 4.22. The number of rotatable bonds is 2. The van der Waals surface area contributed by atoms with Crippen LogP contribution in [0.3, 0.4) is 0 Å². The van der Waals surface area contributed by atoms with Gasteiger partial charge in [-0.3, -0.25) is 0 Å². The van der Waals surface area contributed by atoms with Crippen LogP contribution >= 0.6 is 11.6 Å². The molecule has 2 atom stereocenters. The molecule has 1 heterocycles. The first kappa shape index (κ1) is 10.8. The van der Waals surface area contributed by atoms with Crippen LogP contribution in [-0.2, 0) is 4.74 Å². The average Bonchev–Trinajstić information content (AvgIpc) is 2.57. The molecule has 1 aromatic rings. The van der Waals surface area contributed by atoms with E-state index >= 15 is 0 Å². The third-order valence-corrected chi connectivity index (χ3v) is 3.15. The van der Waals surface area contributed by atoms with Crippen LogP contribution in [0, 0.1) is 6.92 Å². The van der Waals surface area contributed by atoms with E-state index in [1.165, 1.54) is 5.56 Å². The average molecular weight is 226 g/mol. The van der Waals surface area contributed by atoms with E-state index in [4.69, 9.17) is 16.3 Å². The molecule has 0 spiro atoms. The first-order valence-electron chi connectivity index (χ1n) is 5.31. The second-order valence-corrected chi connectivity index (χ2v) is 4.51. The second-order valence-electron chi connectivity index (χ2n) is 4.10. The maximum Gasteiger partial charge on any atom is 0.0748 e. The molecule has 1 saturated heterocycles.